The third-order valence-electron chi connectivity index (χ3n) is 2.56. The molecule has 1 aromatic carbocycles. The number of rotatable bonds is 4. The first kappa shape index (κ1) is 16.0. The predicted molar refractivity (Wildman–Crippen MR) is 69.5 cm³/mol. The molecule has 106 valence electrons. The van der Waals surface area contributed by atoms with Crippen LogP contribution >= 0.6 is 0 Å². The standard InChI is InChI=1S/C15H14F3NO/c1-10(2)7-14(20)12(9-19)8-11-3-5-13(6-4-11)15(16,17)18/h3-6,8,10H,7H2,1-2H3. The highest BCUT2D eigenvalue weighted by Crippen LogP contribution is 2.29. The summed E-state index contributed by atoms with van der Waals surface area (Å²) in [5.74, 6) is -0.186. The zero-order valence-corrected chi connectivity index (χ0v) is 11.2. The molecule has 0 aliphatic carbocycles. The minimum absolute atomic E-state index is 0.0431. The Labute approximate surface area is 115 Å². The van der Waals surface area contributed by atoms with Crippen LogP contribution in [0.15, 0.2) is 29.8 Å². The van der Waals surface area contributed by atoms with Crippen LogP contribution in [0.25, 0.3) is 6.08 Å². The van der Waals surface area contributed by atoms with E-state index in [1.807, 2.05) is 13.8 Å². The number of nitrogens with zero attached hydrogens (tertiary/aromatic N) is 1. The van der Waals surface area contributed by atoms with E-state index in [0.717, 1.165) is 12.1 Å². The fourth-order valence-electron chi connectivity index (χ4n) is 1.59. The lowest BCUT2D eigenvalue weighted by Crippen LogP contribution is -2.05. The molecule has 0 aromatic heterocycles. The molecular weight excluding hydrogens is 267 g/mol. The highest BCUT2D eigenvalue weighted by molar-refractivity contribution is 6.03. The fourth-order valence-corrected chi connectivity index (χ4v) is 1.59. The van der Waals surface area contributed by atoms with Crippen LogP contribution in [0.5, 0.6) is 0 Å². The van der Waals surface area contributed by atoms with Crippen LogP contribution < -0.4 is 0 Å². The van der Waals surface area contributed by atoms with Gasteiger partial charge in [-0.05, 0) is 29.7 Å². The molecule has 0 amide bonds. The van der Waals surface area contributed by atoms with Crippen molar-refractivity contribution in [2.24, 2.45) is 5.92 Å². The number of hydrogen-bond acceptors (Lipinski definition) is 2. The monoisotopic (exact) mass is 281 g/mol. The third kappa shape index (κ3) is 4.54. The molecule has 0 unspecified atom stereocenters. The van der Waals surface area contributed by atoms with Gasteiger partial charge in [-0.15, -0.1) is 0 Å². The van der Waals surface area contributed by atoms with Crippen LogP contribution in [0.1, 0.15) is 31.4 Å². The minimum atomic E-state index is -4.40. The van der Waals surface area contributed by atoms with Gasteiger partial charge >= 0.3 is 6.18 Å². The van der Waals surface area contributed by atoms with E-state index in [0.29, 0.717) is 5.56 Å². The van der Waals surface area contributed by atoms with Gasteiger partial charge in [0.05, 0.1) is 11.1 Å². The first-order valence-electron chi connectivity index (χ1n) is 6.06. The maximum Gasteiger partial charge on any atom is 0.416 e. The maximum atomic E-state index is 12.4. The van der Waals surface area contributed by atoms with Crippen molar-refractivity contribution in [1.29, 1.82) is 5.26 Å². The lowest BCUT2D eigenvalue weighted by atomic mass is 10.00. The van der Waals surface area contributed by atoms with Gasteiger partial charge in [-0.2, -0.15) is 18.4 Å². The van der Waals surface area contributed by atoms with E-state index in [-0.39, 0.29) is 23.7 Å². The van der Waals surface area contributed by atoms with E-state index >= 15 is 0 Å². The van der Waals surface area contributed by atoms with Gasteiger partial charge in [0.25, 0.3) is 0 Å². The Hall–Kier alpha value is -2.09. The van der Waals surface area contributed by atoms with Crippen LogP contribution in [0.4, 0.5) is 13.2 Å². The van der Waals surface area contributed by atoms with Gasteiger partial charge in [0.2, 0.25) is 0 Å². The number of nitriles is 1. The SMILES string of the molecule is CC(C)CC(=O)C(C#N)=Cc1ccc(C(F)(F)F)cc1. The summed E-state index contributed by atoms with van der Waals surface area (Å²) in [6.07, 6.45) is -2.85. The Bertz CT molecular complexity index is 548. The molecule has 0 radical (unpaired) electrons. The number of halogens is 3. The number of hydrogen-bond donors (Lipinski definition) is 0. The van der Waals surface area contributed by atoms with E-state index in [2.05, 4.69) is 0 Å². The van der Waals surface area contributed by atoms with Gasteiger partial charge in [-0.1, -0.05) is 26.0 Å². The van der Waals surface area contributed by atoms with Crippen LogP contribution in [-0.4, -0.2) is 5.78 Å². The summed E-state index contributed by atoms with van der Waals surface area (Å²) < 4.78 is 37.2. The largest absolute Gasteiger partial charge is 0.416 e. The molecule has 1 aromatic rings. The quantitative estimate of drug-likeness (QED) is 0.612. The van der Waals surface area contributed by atoms with Crippen molar-refractivity contribution in [2.45, 2.75) is 26.4 Å². The van der Waals surface area contributed by atoms with Crippen molar-refractivity contribution in [3.05, 3.63) is 41.0 Å². The summed E-state index contributed by atoms with van der Waals surface area (Å²) in [6.45, 7) is 3.70. The Morgan fingerprint density at radius 2 is 1.85 bits per heavy atom. The van der Waals surface area contributed by atoms with Crippen molar-refractivity contribution < 1.29 is 18.0 Å². The van der Waals surface area contributed by atoms with E-state index < -0.39 is 11.7 Å². The second kappa shape index (κ2) is 6.38. The minimum Gasteiger partial charge on any atom is -0.293 e. The van der Waals surface area contributed by atoms with Crippen LogP contribution in [-0.2, 0) is 11.0 Å². The van der Waals surface area contributed by atoms with E-state index in [1.165, 1.54) is 18.2 Å². The summed E-state index contributed by atoms with van der Waals surface area (Å²) in [5, 5.41) is 8.94. The van der Waals surface area contributed by atoms with Gasteiger partial charge < -0.3 is 0 Å². The molecule has 0 atom stereocenters. The molecule has 0 saturated heterocycles. The molecule has 0 heterocycles. The highest BCUT2D eigenvalue weighted by Gasteiger charge is 2.29. The number of benzene rings is 1. The van der Waals surface area contributed by atoms with E-state index in [1.54, 1.807) is 6.07 Å². The molecule has 0 fully saturated rings. The fraction of sp³-hybridized carbons (Fsp3) is 0.333. The average Bonchev–Trinajstić information content (AvgIpc) is 2.34. The van der Waals surface area contributed by atoms with Crippen molar-refractivity contribution in [3.8, 4) is 6.07 Å². The molecule has 0 aliphatic rings. The zero-order chi connectivity index (χ0) is 15.3. The van der Waals surface area contributed by atoms with Crippen molar-refractivity contribution in [2.75, 3.05) is 0 Å². The Balaban J connectivity index is 2.97. The number of ketones is 1. The summed E-state index contributed by atoms with van der Waals surface area (Å²) in [7, 11) is 0. The second-order valence-corrected chi connectivity index (χ2v) is 4.81. The summed E-state index contributed by atoms with van der Waals surface area (Å²) in [6, 6.07) is 6.12. The van der Waals surface area contributed by atoms with E-state index in [9.17, 15) is 18.0 Å². The van der Waals surface area contributed by atoms with Gasteiger partial charge in [0.15, 0.2) is 5.78 Å². The Morgan fingerprint density at radius 3 is 2.25 bits per heavy atom. The van der Waals surface area contributed by atoms with Gasteiger partial charge in [-0.3, -0.25) is 4.79 Å². The third-order valence-corrected chi connectivity index (χ3v) is 2.56. The normalized spacial score (nSPS) is 12.3. The van der Waals surface area contributed by atoms with E-state index in [4.69, 9.17) is 5.26 Å². The first-order chi connectivity index (χ1) is 9.24. The maximum absolute atomic E-state index is 12.4. The molecule has 20 heavy (non-hydrogen) atoms. The van der Waals surface area contributed by atoms with Gasteiger partial charge in [0.1, 0.15) is 6.07 Å². The van der Waals surface area contributed by atoms with Crippen molar-refractivity contribution >= 4 is 11.9 Å². The molecule has 0 saturated carbocycles. The van der Waals surface area contributed by atoms with Gasteiger partial charge in [-0.25, -0.2) is 0 Å². The lowest BCUT2D eigenvalue weighted by Gasteiger charge is -2.06. The number of carbonyl (C=O) groups is 1. The van der Waals surface area contributed by atoms with Crippen molar-refractivity contribution in [3.63, 3.8) is 0 Å². The molecule has 0 spiro atoms. The lowest BCUT2D eigenvalue weighted by molar-refractivity contribution is -0.137. The molecule has 0 N–H and O–H groups in total. The predicted octanol–water partition coefficient (Wildman–Crippen LogP) is 4.23. The first-order valence-corrected chi connectivity index (χ1v) is 6.06. The summed E-state index contributed by atoms with van der Waals surface area (Å²) >= 11 is 0. The number of Topliss-reactive ketones (excluding diaryl/α,β-unsaturated/α-hetero) is 1. The molecule has 5 heteroatoms. The zero-order valence-electron chi connectivity index (χ0n) is 11.2. The molecule has 2 nitrogen and oxygen atoms in total. The molecule has 0 bridgehead atoms. The Morgan fingerprint density at radius 1 is 1.30 bits per heavy atom. The van der Waals surface area contributed by atoms with Gasteiger partial charge in [0, 0.05) is 6.42 Å². The smallest absolute Gasteiger partial charge is 0.293 e. The topological polar surface area (TPSA) is 40.9 Å². The molecule has 0 aliphatic heterocycles. The number of alkyl halides is 3. The highest BCUT2D eigenvalue weighted by atomic mass is 19.4. The Kier molecular flexibility index (Phi) is 5.09. The van der Waals surface area contributed by atoms with Crippen LogP contribution in [0.3, 0.4) is 0 Å². The van der Waals surface area contributed by atoms with Crippen LogP contribution in [0.2, 0.25) is 0 Å². The number of carbonyl (C=O) groups excluding carboxylic acids is 1. The summed E-state index contributed by atoms with van der Waals surface area (Å²) in [5.41, 5.74) is -0.410. The second-order valence-electron chi connectivity index (χ2n) is 4.81. The molecule has 1 rings (SSSR count). The molecular formula is C15H14F3NO. The van der Waals surface area contributed by atoms with Crippen molar-refractivity contribution in [1.82, 2.24) is 0 Å². The van der Waals surface area contributed by atoms with Crippen LogP contribution in [0, 0.1) is 17.2 Å². The number of allylic oxidation sites excluding steroid dienone is 1. The summed E-state index contributed by atoms with van der Waals surface area (Å²) in [4.78, 5) is 11.7. The average molecular weight is 281 g/mol.